The predicted molar refractivity (Wildman–Crippen MR) is 63.0 cm³/mol. The first-order valence-electron chi connectivity index (χ1n) is 5.68. The van der Waals surface area contributed by atoms with Crippen LogP contribution in [-0.4, -0.2) is 11.9 Å². The number of aliphatic hydroxyl groups excluding tert-OH is 1. The van der Waals surface area contributed by atoms with Crippen LogP contribution >= 0.6 is 0 Å². The Bertz CT molecular complexity index is 628. The molecule has 1 atom stereocenters. The minimum Gasteiger partial charge on any atom is -0.454 e. The van der Waals surface area contributed by atoms with Crippen LogP contribution in [0.15, 0.2) is 36.4 Å². The van der Waals surface area contributed by atoms with E-state index in [-0.39, 0.29) is 12.4 Å². The summed E-state index contributed by atoms with van der Waals surface area (Å²) >= 11 is 0. The van der Waals surface area contributed by atoms with E-state index in [4.69, 9.17) is 9.47 Å². The number of halogens is 2. The van der Waals surface area contributed by atoms with Crippen molar-refractivity contribution in [1.82, 2.24) is 0 Å². The van der Waals surface area contributed by atoms with Gasteiger partial charge in [-0.2, -0.15) is 0 Å². The molecule has 0 aromatic heterocycles. The lowest BCUT2D eigenvalue weighted by atomic mass is 10.0. The van der Waals surface area contributed by atoms with Gasteiger partial charge in [-0.05, 0) is 35.4 Å². The smallest absolute Gasteiger partial charge is 0.231 e. The summed E-state index contributed by atoms with van der Waals surface area (Å²) in [4.78, 5) is 0. The van der Waals surface area contributed by atoms with E-state index in [1.54, 1.807) is 18.2 Å². The molecule has 0 radical (unpaired) electrons. The Labute approximate surface area is 108 Å². The number of rotatable bonds is 2. The lowest BCUT2D eigenvalue weighted by Crippen LogP contribution is -2.01. The summed E-state index contributed by atoms with van der Waals surface area (Å²) in [6, 6.07) is 8.24. The zero-order chi connectivity index (χ0) is 13.4. The molecule has 0 saturated heterocycles. The normalized spacial score (nSPS) is 14.5. The highest BCUT2D eigenvalue weighted by Gasteiger charge is 2.18. The highest BCUT2D eigenvalue weighted by Crippen LogP contribution is 2.35. The standard InChI is InChI=1S/C14H10F2O3/c15-10-3-1-8(5-11(10)16)14(17)9-2-4-12-13(6-9)19-7-18-12/h1-6,14,17H,7H2. The maximum absolute atomic E-state index is 13.1. The van der Waals surface area contributed by atoms with Crippen LogP contribution in [0.5, 0.6) is 11.5 Å². The van der Waals surface area contributed by atoms with Crippen LogP contribution in [-0.2, 0) is 0 Å². The van der Waals surface area contributed by atoms with Crippen molar-refractivity contribution in [1.29, 1.82) is 0 Å². The zero-order valence-corrected chi connectivity index (χ0v) is 9.77. The SMILES string of the molecule is OC(c1ccc(F)c(F)c1)c1ccc2c(c1)OCO2. The molecule has 0 saturated carbocycles. The second kappa shape index (κ2) is 4.51. The van der Waals surface area contributed by atoms with E-state index in [0.717, 1.165) is 12.1 Å². The molecule has 1 aliphatic rings. The van der Waals surface area contributed by atoms with E-state index in [2.05, 4.69) is 0 Å². The van der Waals surface area contributed by atoms with Crippen LogP contribution in [0.2, 0.25) is 0 Å². The Morgan fingerprint density at radius 2 is 1.58 bits per heavy atom. The second-order valence-corrected chi connectivity index (χ2v) is 4.19. The molecule has 1 unspecified atom stereocenters. The van der Waals surface area contributed by atoms with Crippen LogP contribution in [0.4, 0.5) is 8.78 Å². The Hall–Kier alpha value is -2.14. The molecule has 0 bridgehead atoms. The van der Waals surface area contributed by atoms with Gasteiger partial charge in [-0.15, -0.1) is 0 Å². The Morgan fingerprint density at radius 1 is 0.895 bits per heavy atom. The Morgan fingerprint density at radius 3 is 2.37 bits per heavy atom. The van der Waals surface area contributed by atoms with Crippen LogP contribution < -0.4 is 9.47 Å². The van der Waals surface area contributed by atoms with Crippen molar-refractivity contribution in [2.45, 2.75) is 6.10 Å². The number of fused-ring (bicyclic) bond motifs is 1. The largest absolute Gasteiger partial charge is 0.454 e. The minimum atomic E-state index is -1.05. The quantitative estimate of drug-likeness (QED) is 0.906. The molecule has 0 spiro atoms. The number of ether oxygens (including phenoxy) is 2. The molecule has 0 amide bonds. The molecule has 19 heavy (non-hydrogen) atoms. The van der Waals surface area contributed by atoms with Gasteiger partial charge < -0.3 is 14.6 Å². The molecule has 5 heteroatoms. The maximum atomic E-state index is 13.1. The Balaban J connectivity index is 1.94. The molecule has 2 aromatic carbocycles. The van der Waals surface area contributed by atoms with Gasteiger partial charge in [-0.3, -0.25) is 0 Å². The van der Waals surface area contributed by atoms with Crippen molar-refractivity contribution in [2.24, 2.45) is 0 Å². The van der Waals surface area contributed by atoms with Crippen molar-refractivity contribution < 1.29 is 23.4 Å². The average Bonchev–Trinajstić information content (AvgIpc) is 2.88. The van der Waals surface area contributed by atoms with Crippen LogP contribution in [0.25, 0.3) is 0 Å². The topological polar surface area (TPSA) is 38.7 Å². The van der Waals surface area contributed by atoms with Gasteiger partial charge in [0.1, 0.15) is 6.10 Å². The van der Waals surface area contributed by atoms with Gasteiger partial charge in [-0.25, -0.2) is 8.78 Å². The van der Waals surface area contributed by atoms with Gasteiger partial charge in [0.15, 0.2) is 23.1 Å². The molecular weight excluding hydrogens is 254 g/mol. The highest BCUT2D eigenvalue weighted by molar-refractivity contribution is 5.46. The van der Waals surface area contributed by atoms with Crippen LogP contribution in [0.1, 0.15) is 17.2 Å². The van der Waals surface area contributed by atoms with E-state index in [1.165, 1.54) is 6.07 Å². The molecule has 0 aliphatic carbocycles. The summed E-state index contributed by atoms with van der Waals surface area (Å²) in [5.74, 6) is -0.806. The van der Waals surface area contributed by atoms with Gasteiger partial charge >= 0.3 is 0 Å². The molecule has 0 fully saturated rings. The van der Waals surface area contributed by atoms with Crippen molar-refractivity contribution in [2.75, 3.05) is 6.79 Å². The molecule has 1 N–H and O–H groups in total. The lowest BCUT2D eigenvalue weighted by molar-refractivity contribution is 0.173. The number of benzene rings is 2. The van der Waals surface area contributed by atoms with Crippen molar-refractivity contribution in [3.05, 3.63) is 59.2 Å². The van der Waals surface area contributed by atoms with Gasteiger partial charge in [0.2, 0.25) is 6.79 Å². The molecule has 3 rings (SSSR count). The van der Waals surface area contributed by atoms with Crippen molar-refractivity contribution >= 4 is 0 Å². The van der Waals surface area contributed by atoms with E-state index in [0.29, 0.717) is 17.1 Å². The highest BCUT2D eigenvalue weighted by atomic mass is 19.2. The first-order valence-corrected chi connectivity index (χ1v) is 5.68. The fraction of sp³-hybridized carbons (Fsp3) is 0.143. The zero-order valence-electron chi connectivity index (χ0n) is 9.77. The number of hydrogen-bond donors (Lipinski definition) is 1. The molecular formula is C14H10F2O3. The van der Waals surface area contributed by atoms with Crippen LogP contribution in [0, 0.1) is 11.6 Å². The first kappa shape index (κ1) is 11.9. The summed E-state index contributed by atoms with van der Waals surface area (Å²) < 4.78 is 36.4. The van der Waals surface area contributed by atoms with Crippen LogP contribution in [0.3, 0.4) is 0 Å². The summed E-state index contributed by atoms with van der Waals surface area (Å²) in [7, 11) is 0. The van der Waals surface area contributed by atoms with Crippen molar-refractivity contribution in [3.8, 4) is 11.5 Å². The third kappa shape index (κ3) is 2.13. The monoisotopic (exact) mass is 264 g/mol. The minimum absolute atomic E-state index is 0.139. The fourth-order valence-electron chi connectivity index (χ4n) is 1.96. The molecule has 2 aromatic rings. The maximum Gasteiger partial charge on any atom is 0.231 e. The lowest BCUT2D eigenvalue weighted by Gasteiger charge is -2.12. The van der Waals surface area contributed by atoms with E-state index < -0.39 is 17.7 Å². The fourth-order valence-corrected chi connectivity index (χ4v) is 1.96. The van der Waals surface area contributed by atoms with E-state index in [9.17, 15) is 13.9 Å². The summed E-state index contributed by atoms with van der Waals surface area (Å²) in [5, 5.41) is 10.2. The predicted octanol–water partition coefficient (Wildman–Crippen LogP) is 2.78. The van der Waals surface area contributed by atoms with Gasteiger partial charge in [0.05, 0.1) is 0 Å². The molecule has 98 valence electrons. The second-order valence-electron chi connectivity index (χ2n) is 4.19. The summed E-state index contributed by atoms with van der Waals surface area (Å²) in [6.07, 6.45) is -1.05. The molecule has 1 heterocycles. The number of aliphatic hydroxyl groups is 1. The molecule has 1 aliphatic heterocycles. The third-order valence-electron chi connectivity index (χ3n) is 2.97. The third-order valence-corrected chi connectivity index (χ3v) is 2.97. The van der Waals surface area contributed by atoms with Crippen molar-refractivity contribution in [3.63, 3.8) is 0 Å². The van der Waals surface area contributed by atoms with E-state index in [1.807, 2.05) is 0 Å². The van der Waals surface area contributed by atoms with Gasteiger partial charge in [0, 0.05) is 0 Å². The molecule has 3 nitrogen and oxygen atoms in total. The number of hydrogen-bond acceptors (Lipinski definition) is 3. The van der Waals surface area contributed by atoms with Gasteiger partial charge in [0.25, 0.3) is 0 Å². The van der Waals surface area contributed by atoms with E-state index >= 15 is 0 Å². The summed E-state index contributed by atoms with van der Waals surface area (Å²) in [5.41, 5.74) is 0.799. The first-order chi connectivity index (χ1) is 9.15. The Kier molecular flexibility index (Phi) is 2.83. The summed E-state index contributed by atoms with van der Waals surface area (Å²) in [6.45, 7) is 0.139. The van der Waals surface area contributed by atoms with Gasteiger partial charge in [-0.1, -0.05) is 12.1 Å². The average molecular weight is 264 g/mol.